The van der Waals surface area contributed by atoms with Crippen LogP contribution >= 0.6 is 12.4 Å². The summed E-state index contributed by atoms with van der Waals surface area (Å²) in [5.74, 6) is -0.989. The van der Waals surface area contributed by atoms with E-state index in [1.165, 1.54) is 12.1 Å². The van der Waals surface area contributed by atoms with Gasteiger partial charge >= 0.3 is 5.97 Å². The average molecular weight is 230 g/mol. The Balaban J connectivity index is 0.00000196. The van der Waals surface area contributed by atoms with Gasteiger partial charge in [-0.1, -0.05) is 6.07 Å². The maximum absolute atomic E-state index is 10.6. The fraction of sp³-hybridized carbons (Fsp3) is 0.111. The van der Waals surface area contributed by atoms with Crippen LogP contribution in [0.3, 0.4) is 0 Å². The van der Waals surface area contributed by atoms with E-state index in [1.807, 2.05) is 0 Å². The predicted molar refractivity (Wildman–Crippen MR) is 61.0 cm³/mol. The van der Waals surface area contributed by atoms with Gasteiger partial charge in [0.2, 0.25) is 0 Å². The van der Waals surface area contributed by atoms with Crippen molar-refractivity contribution in [2.45, 2.75) is 6.17 Å². The van der Waals surface area contributed by atoms with E-state index >= 15 is 0 Å². The zero-order chi connectivity index (χ0) is 10.6. The van der Waals surface area contributed by atoms with Gasteiger partial charge in [0, 0.05) is 11.9 Å². The second-order valence-corrected chi connectivity index (χ2v) is 2.72. The van der Waals surface area contributed by atoms with Gasteiger partial charge in [-0.3, -0.25) is 0 Å². The van der Waals surface area contributed by atoms with Gasteiger partial charge in [0.15, 0.2) is 0 Å². The van der Waals surface area contributed by atoms with E-state index in [2.05, 4.69) is 5.32 Å². The molecule has 82 valence electrons. The number of rotatable bonds is 4. The van der Waals surface area contributed by atoms with Crippen molar-refractivity contribution in [1.29, 1.82) is 5.41 Å². The van der Waals surface area contributed by atoms with E-state index in [-0.39, 0.29) is 18.0 Å². The van der Waals surface area contributed by atoms with Crippen LogP contribution in [0.2, 0.25) is 0 Å². The maximum Gasteiger partial charge on any atom is 0.335 e. The molecule has 0 saturated heterocycles. The minimum Gasteiger partial charge on any atom is -0.478 e. The van der Waals surface area contributed by atoms with Crippen LogP contribution in [0.15, 0.2) is 24.3 Å². The molecule has 15 heavy (non-hydrogen) atoms. The van der Waals surface area contributed by atoms with Crippen LogP contribution in [0.1, 0.15) is 10.4 Å². The number of carboxylic acid groups (broad SMARTS) is 1. The molecule has 1 aromatic carbocycles. The first-order valence-corrected chi connectivity index (χ1v) is 3.99. The summed E-state index contributed by atoms with van der Waals surface area (Å²) >= 11 is 0. The lowest BCUT2D eigenvalue weighted by Gasteiger charge is -2.09. The third-order valence-corrected chi connectivity index (χ3v) is 1.62. The van der Waals surface area contributed by atoms with Gasteiger partial charge in [0.1, 0.15) is 6.17 Å². The fourth-order valence-electron chi connectivity index (χ4n) is 0.976. The Morgan fingerprint density at radius 3 is 2.80 bits per heavy atom. The SMILES string of the molecule is Cl.N=CC(N)Nc1cccc(C(=O)O)c1. The number of carboxylic acids is 1. The van der Waals surface area contributed by atoms with Crippen molar-refractivity contribution in [2.75, 3.05) is 5.32 Å². The van der Waals surface area contributed by atoms with Crippen LogP contribution < -0.4 is 11.1 Å². The number of hydrogen-bond acceptors (Lipinski definition) is 4. The van der Waals surface area contributed by atoms with Crippen LogP contribution in [0.4, 0.5) is 5.69 Å². The number of hydrogen-bond donors (Lipinski definition) is 4. The van der Waals surface area contributed by atoms with E-state index < -0.39 is 12.1 Å². The van der Waals surface area contributed by atoms with Gasteiger partial charge in [-0.2, -0.15) is 0 Å². The Morgan fingerprint density at radius 2 is 2.27 bits per heavy atom. The summed E-state index contributed by atoms with van der Waals surface area (Å²) < 4.78 is 0. The molecular formula is C9H12ClN3O2. The van der Waals surface area contributed by atoms with E-state index in [0.29, 0.717) is 5.69 Å². The first kappa shape index (κ1) is 13.4. The number of benzene rings is 1. The monoisotopic (exact) mass is 229 g/mol. The lowest BCUT2D eigenvalue weighted by Crippen LogP contribution is -2.30. The zero-order valence-electron chi connectivity index (χ0n) is 7.81. The normalized spacial score (nSPS) is 11.0. The molecule has 0 saturated carbocycles. The van der Waals surface area contributed by atoms with Crippen molar-refractivity contribution < 1.29 is 9.90 Å². The highest BCUT2D eigenvalue weighted by molar-refractivity contribution is 5.88. The number of nitrogens with two attached hydrogens (primary N) is 1. The van der Waals surface area contributed by atoms with Gasteiger partial charge in [0.25, 0.3) is 0 Å². The highest BCUT2D eigenvalue weighted by Gasteiger charge is 2.03. The third kappa shape index (κ3) is 3.97. The average Bonchev–Trinajstić information content (AvgIpc) is 2.18. The summed E-state index contributed by atoms with van der Waals surface area (Å²) in [6.45, 7) is 0. The molecule has 0 bridgehead atoms. The molecule has 0 aliphatic carbocycles. The van der Waals surface area contributed by atoms with Crippen molar-refractivity contribution in [3.63, 3.8) is 0 Å². The smallest absolute Gasteiger partial charge is 0.335 e. The molecule has 6 heteroatoms. The molecular weight excluding hydrogens is 218 g/mol. The highest BCUT2D eigenvalue weighted by Crippen LogP contribution is 2.10. The quantitative estimate of drug-likeness (QED) is 0.460. The molecule has 1 rings (SSSR count). The molecule has 0 amide bonds. The second kappa shape index (κ2) is 6.00. The second-order valence-electron chi connectivity index (χ2n) is 2.72. The van der Waals surface area contributed by atoms with Crippen molar-refractivity contribution in [3.8, 4) is 0 Å². The van der Waals surface area contributed by atoms with Crippen molar-refractivity contribution >= 4 is 30.3 Å². The van der Waals surface area contributed by atoms with Crippen LogP contribution in [0.5, 0.6) is 0 Å². The van der Waals surface area contributed by atoms with E-state index in [0.717, 1.165) is 6.21 Å². The molecule has 0 aromatic heterocycles. The minimum absolute atomic E-state index is 0. The van der Waals surface area contributed by atoms with Gasteiger partial charge < -0.3 is 21.6 Å². The van der Waals surface area contributed by atoms with Crippen LogP contribution in [0, 0.1) is 5.41 Å². The van der Waals surface area contributed by atoms with Gasteiger partial charge in [-0.25, -0.2) is 4.79 Å². The summed E-state index contributed by atoms with van der Waals surface area (Å²) in [6, 6.07) is 6.26. The molecule has 0 aliphatic heterocycles. The van der Waals surface area contributed by atoms with Gasteiger partial charge in [0.05, 0.1) is 5.56 Å². The van der Waals surface area contributed by atoms with Crippen LogP contribution in [-0.4, -0.2) is 23.5 Å². The minimum atomic E-state index is -0.989. The fourth-order valence-corrected chi connectivity index (χ4v) is 0.976. The molecule has 0 radical (unpaired) electrons. The Hall–Kier alpha value is -1.59. The van der Waals surface area contributed by atoms with Crippen molar-refractivity contribution in [2.24, 2.45) is 5.73 Å². The van der Waals surface area contributed by atoms with Crippen LogP contribution in [0.25, 0.3) is 0 Å². The molecule has 1 aromatic rings. The van der Waals surface area contributed by atoms with E-state index in [1.54, 1.807) is 12.1 Å². The number of carbonyl (C=O) groups is 1. The summed E-state index contributed by atoms with van der Waals surface area (Å²) in [6.07, 6.45) is 0.437. The number of anilines is 1. The molecule has 5 N–H and O–H groups in total. The van der Waals surface area contributed by atoms with Gasteiger partial charge in [-0.05, 0) is 18.2 Å². The molecule has 1 atom stereocenters. The van der Waals surface area contributed by atoms with Crippen LogP contribution in [-0.2, 0) is 0 Å². The molecule has 0 aliphatic rings. The first-order chi connectivity index (χ1) is 6.63. The summed E-state index contributed by atoms with van der Waals surface area (Å²) in [7, 11) is 0. The molecule has 1 unspecified atom stereocenters. The summed E-state index contributed by atoms with van der Waals surface area (Å²) in [4.78, 5) is 10.6. The summed E-state index contributed by atoms with van der Waals surface area (Å²) in [5.41, 5.74) is 6.20. The third-order valence-electron chi connectivity index (χ3n) is 1.62. The van der Waals surface area contributed by atoms with Crippen molar-refractivity contribution in [1.82, 2.24) is 0 Å². The van der Waals surface area contributed by atoms with E-state index in [9.17, 15) is 4.79 Å². The standard InChI is InChI=1S/C9H11N3O2.ClH/c10-5-8(11)12-7-3-1-2-6(4-7)9(13)14;/h1-5,8,10,12H,11H2,(H,13,14);1H. The van der Waals surface area contributed by atoms with Crippen molar-refractivity contribution in [3.05, 3.63) is 29.8 Å². The Morgan fingerprint density at radius 1 is 1.60 bits per heavy atom. The highest BCUT2D eigenvalue weighted by atomic mass is 35.5. The zero-order valence-corrected chi connectivity index (χ0v) is 8.62. The molecule has 0 spiro atoms. The Labute approximate surface area is 93.2 Å². The largest absolute Gasteiger partial charge is 0.478 e. The van der Waals surface area contributed by atoms with E-state index in [4.69, 9.17) is 16.2 Å². The van der Waals surface area contributed by atoms with Gasteiger partial charge in [-0.15, -0.1) is 12.4 Å². The number of aromatic carboxylic acids is 1. The molecule has 0 fully saturated rings. The summed E-state index contributed by atoms with van der Waals surface area (Å²) in [5, 5.41) is 18.3. The first-order valence-electron chi connectivity index (χ1n) is 3.99. The Kier molecular flexibility index (Phi) is 5.36. The lowest BCUT2D eigenvalue weighted by molar-refractivity contribution is 0.0697. The topological polar surface area (TPSA) is 99.2 Å². The lowest BCUT2D eigenvalue weighted by atomic mass is 10.2. The number of halogens is 1. The number of nitrogens with one attached hydrogen (secondary N) is 2. The molecule has 5 nitrogen and oxygen atoms in total. The maximum atomic E-state index is 10.6. The molecule has 0 heterocycles. The Bertz CT molecular complexity index is 357. The predicted octanol–water partition coefficient (Wildman–Crippen LogP) is 1.15.